The molecule has 1 saturated carbocycles. The van der Waals surface area contributed by atoms with E-state index in [1.807, 2.05) is 0 Å². The molecule has 0 aromatic rings. The molecular formula is C16H33N. The van der Waals surface area contributed by atoms with Gasteiger partial charge in [-0.15, -0.1) is 0 Å². The summed E-state index contributed by atoms with van der Waals surface area (Å²) in [6, 6.07) is 1.42. The highest BCUT2D eigenvalue weighted by Crippen LogP contribution is 2.36. The lowest BCUT2D eigenvalue weighted by molar-refractivity contribution is 0.212. The summed E-state index contributed by atoms with van der Waals surface area (Å²) in [6.07, 6.45) is 7.00. The van der Waals surface area contributed by atoms with Gasteiger partial charge in [0, 0.05) is 12.1 Å². The second-order valence-corrected chi connectivity index (χ2v) is 7.47. The Morgan fingerprint density at radius 1 is 0.941 bits per heavy atom. The van der Waals surface area contributed by atoms with E-state index in [0.29, 0.717) is 11.5 Å². The molecular weight excluding hydrogens is 206 g/mol. The van der Waals surface area contributed by atoms with Crippen molar-refractivity contribution >= 4 is 0 Å². The van der Waals surface area contributed by atoms with E-state index in [0.717, 1.165) is 17.9 Å². The SMILES string of the molecule is CC(C)C(C)NC1CCCC(C(C)(C)C)CC1. The third-order valence-electron chi connectivity index (χ3n) is 4.69. The number of nitrogens with one attached hydrogen (secondary N) is 1. The number of rotatable bonds is 3. The Labute approximate surface area is 109 Å². The Hall–Kier alpha value is -0.0400. The monoisotopic (exact) mass is 239 g/mol. The summed E-state index contributed by atoms with van der Waals surface area (Å²) in [6.45, 7) is 14.2. The van der Waals surface area contributed by atoms with Crippen molar-refractivity contribution in [2.24, 2.45) is 17.3 Å². The first-order valence-corrected chi connectivity index (χ1v) is 7.56. The average molecular weight is 239 g/mol. The van der Waals surface area contributed by atoms with Crippen LogP contribution in [0, 0.1) is 17.3 Å². The second kappa shape index (κ2) is 6.22. The molecule has 1 fully saturated rings. The average Bonchev–Trinajstić information content (AvgIpc) is 2.42. The van der Waals surface area contributed by atoms with Gasteiger partial charge in [-0.05, 0) is 49.9 Å². The van der Waals surface area contributed by atoms with Crippen LogP contribution in [0.15, 0.2) is 0 Å². The molecule has 0 radical (unpaired) electrons. The fourth-order valence-corrected chi connectivity index (χ4v) is 2.90. The molecule has 1 aliphatic rings. The third-order valence-corrected chi connectivity index (χ3v) is 4.69. The summed E-state index contributed by atoms with van der Waals surface area (Å²) in [5.74, 6) is 1.67. The molecule has 17 heavy (non-hydrogen) atoms. The highest BCUT2D eigenvalue weighted by atomic mass is 14.9. The molecule has 1 heteroatoms. The van der Waals surface area contributed by atoms with Gasteiger partial charge < -0.3 is 5.32 Å². The van der Waals surface area contributed by atoms with Gasteiger partial charge in [-0.3, -0.25) is 0 Å². The van der Waals surface area contributed by atoms with Crippen molar-refractivity contribution < 1.29 is 0 Å². The van der Waals surface area contributed by atoms with Crippen LogP contribution in [0.2, 0.25) is 0 Å². The van der Waals surface area contributed by atoms with Crippen molar-refractivity contribution in [2.75, 3.05) is 0 Å². The molecule has 0 saturated heterocycles. The largest absolute Gasteiger partial charge is 0.311 e. The lowest BCUT2D eigenvalue weighted by Crippen LogP contribution is -2.39. The molecule has 1 N–H and O–H groups in total. The van der Waals surface area contributed by atoms with E-state index < -0.39 is 0 Å². The molecule has 1 aliphatic carbocycles. The van der Waals surface area contributed by atoms with Crippen LogP contribution >= 0.6 is 0 Å². The van der Waals surface area contributed by atoms with Gasteiger partial charge in [0.2, 0.25) is 0 Å². The van der Waals surface area contributed by atoms with Crippen LogP contribution in [0.5, 0.6) is 0 Å². The predicted molar refractivity (Wildman–Crippen MR) is 77.3 cm³/mol. The maximum absolute atomic E-state index is 3.83. The van der Waals surface area contributed by atoms with E-state index in [4.69, 9.17) is 0 Å². The molecule has 0 aliphatic heterocycles. The fourth-order valence-electron chi connectivity index (χ4n) is 2.90. The zero-order valence-corrected chi connectivity index (χ0v) is 12.8. The number of hydrogen-bond donors (Lipinski definition) is 1. The van der Waals surface area contributed by atoms with Gasteiger partial charge in [-0.1, -0.05) is 41.0 Å². The van der Waals surface area contributed by atoms with Gasteiger partial charge in [0.25, 0.3) is 0 Å². The Morgan fingerprint density at radius 2 is 1.59 bits per heavy atom. The van der Waals surface area contributed by atoms with Crippen LogP contribution in [0.3, 0.4) is 0 Å². The molecule has 102 valence electrons. The molecule has 0 aromatic carbocycles. The summed E-state index contributed by atoms with van der Waals surface area (Å²) in [5.41, 5.74) is 0.499. The van der Waals surface area contributed by atoms with Crippen molar-refractivity contribution in [2.45, 2.75) is 85.7 Å². The van der Waals surface area contributed by atoms with Gasteiger partial charge in [-0.25, -0.2) is 0 Å². The lowest BCUT2D eigenvalue weighted by Gasteiger charge is -2.30. The van der Waals surface area contributed by atoms with Gasteiger partial charge in [0.15, 0.2) is 0 Å². The van der Waals surface area contributed by atoms with E-state index in [1.54, 1.807) is 0 Å². The molecule has 0 aromatic heterocycles. The van der Waals surface area contributed by atoms with E-state index >= 15 is 0 Å². The Balaban J connectivity index is 2.43. The second-order valence-electron chi connectivity index (χ2n) is 7.47. The van der Waals surface area contributed by atoms with Gasteiger partial charge in [-0.2, -0.15) is 0 Å². The Bertz CT molecular complexity index is 214. The van der Waals surface area contributed by atoms with Crippen molar-refractivity contribution in [3.8, 4) is 0 Å². The summed E-state index contributed by atoms with van der Waals surface area (Å²) in [7, 11) is 0. The van der Waals surface area contributed by atoms with Crippen molar-refractivity contribution in [1.29, 1.82) is 0 Å². The van der Waals surface area contributed by atoms with E-state index in [-0.39, 0.29) is 0 Å². The fraction of sp³-hybridized carbons (Fsp3) is 1.00. The van der Waals surface area contributed by atoms with E-state index in [1.165, 1.54) is 32.1 Å². The van der Waals surface area contributed by atoms with E-state index in [2.05, 4.69) is 46.9 Å². The van der Waals surface area contributed by atoms with Gasteiger partial charge >= 0.3 is 0 Å². The molecule has 0 heterocycles. The van der Waals surface area contributed by atoms with Crippen molar-refractivity contribution in [3.05, 3.63) is 0 Å². The van der Waals surface area contributed by atoms with Crippen LogP contribution < -0.4 is 5.32 Å². The predicted octanol–water partition coefficient (Wildman–Crippen LogP) is 4.62. The normalized spacial score (nSPS) is 29.1. The Morgan fingerprint density at radius 3 is 2.12 bits per heavy atom. The van der Waals surface area contributed by atoms with Crippen LogP contribution in [-0.2, 0) is 0 Å². The van der Waals surface area contributed by atoms with Crippen LogP contribution in [-0.4, -0.2) is 12.1 Å². The highest BCUT2D eigenvalue weighted by Gasteiger charge is 2.28. The van der Waals surface area contributed by atoms with Gasteiger partial charge in [0.1, 0.15) is 0 Å². The zero-order chi connectivity index (χ0) is 13.1. The first kappa shape index (κ1) is 15.0. The van der Waals surface area contributed by atoms with Crippen LogP contribution in [0.1, 0.15) is 73.6 Å². The minimum absolute atomic E-state index is 0.499. The molecule has 0 amide bonds. The summed E-state index contributed by atoms with van der Waals surface area (Å²) < 4.78 is 0. The van der Waals surface area contributed by atoms with Gasteiger partial charge in [0.05, 0.1) is 0 Å². The third kappa shape index (κ3) is 4.99. The molecule has 3 unspecified atom stereocenters. The first-order valence-electron chi connectivity index (χ1n) is 7.56. The molecule has 1 nitrogen and oxygen atoms in total. The standard InChI is InChI=1S/C16H33N/c1-12(2)13(3)17-15-9-7-8-14(10-11-15)16(4,5)6/h12-15,17H,7-11H2,1-6H3. The minimum atomic E-state index is 0.499. The molecule has 1 rings (SSSR count). The Kier molecular flexibility index (Phi) is 5.50. The molecule has 3 atom stereocenters. The van der Waals surface area contributed by atoms with Crippen LogP contribution in [0.4, 0.5) is 0 Å². The summed E-state index contributed by atoms with van der Waals surface area (Å²) >= 11 is 0. The quantitative estimate of drug-likeness (QED) is 0.709. The van der Waals surface area contributed by atoms with E-state index in [9.17, 15) is 0 Å². The summed E-state index contributed by atoms with van der Waals surface area (Å²) in [5, 5.41) is 3.83. The molecule has 0 spiro atoms. The lowest BCUT2D eigenvalue weighted by atomic mass is 9.76. The zero-order valence-electron chi connectivity index (χ0n) is 12.8. The maximum Gasteiger partial charge on any atom is 0.00697 e. The number of hydrogen-bond acceptors (Lipinski definition) is 1. The highest BCUT2D eigenvalue weighted by molar-refractivity contribution is 4.82. The van der Waals surface area contributed by atoms with Crippen molar-refractivity contribution in [1.82, 2.24) is 5.32 Å². The maximum atomic E-state index is 3.83. The minimum Gasteiger partial charge on any atom is -0.311 e. The smallest absolute Gasteiger partial charge is 0.00697 e. The first-order chi connectivity index (χ1) is 7.80. The van der Waals surface area contributed by atoms with Crippen molar-refractivity contribution in [3.63, 3.8) is 0 Å². The topological polar surface area (TPSA) is 12.0 Å². The summed E-state index contributed by atoms with van der Waals surface area (Å²) in [4.78, 5) is 0. The molecule has 0 bridgehead atoms. The van der Waals surface area contributed by atoms with Crippen LogP contribution in [0.25, 0.3) is 0 Å².